The highest BCUT2D eigenvalue weighted by molar-refractivity contribution is 5.96. The topological polar surface area (TPSA) is 87.7 Å². The molecule has 0 radical (unpaired) electrons. The summed E-state index contributed by atoms with van der Waals surface area (Å²) in [6.45, 7) is 3.86. The molecule has 3 aromatic rings. The Hall–Kier alpha value is -3.02. The molecule has 162 valence electrons. The molecule has 3 unspecified atom stereocenters. The molecule has 1 aromatic carbocycles. The molecule has 3 atom stereocenters. The monoisotopic (exact) mass is 418 g/mol. The van der Waals surface area contributed by atoms with E-state index < -0.39 is 0 Å². The van der Waals surface area contributed by atoms with Gasteiger partial charge in [-0.1, -0.05) is 19.9 Å². The number of rotatable bonds is 8. The smallest absolute Gasteiger partial charge is 0.219 e. The van der Waals surface area contributed by atoms with Crippen LogP contribution in [-0.2, 0) is 4.79 Å². The number of carbonyl (C=O) groups excluding carboxylic acids is 2. The molecule has 0 bridgehead atoms. The van der Waals surface area contributed by atoms with Crippen molar-refractivity contribution < 1.29 is 9.59 Å². The van der Waals surface area contributed by atoms with E-state index >= 15 is 0 Å². The quantitative estimate of drug-likeness (QED) is 0.508. The summed E-state index contributed by atoms with van der Waals surface area (Å²) in [5, 5.41) is 12.7. The lowest BCUT2D eigenvalue weighted by Gasteiger charge is -2.15. The summed E-state index contributed by atoms with van der Waals surface area (Å²) in [6, 6.07) is 12.1. The van der Waals surface area contributed by atoms with Crippen molar-refractivity contribution in [1.82, 2.24) is 20.5 Å². The van der Waals surface area contributed by atoms with Crippen molar-refractivity contribution in [3.05, 3.63) is 48.3 Å². The van der Waals surface area contributed by atoms with E-state index in [1.165, 1.54) is 0 Å². The summed E-state index contributed by atoms with van der Waals surface area (Å²) in [5.41, 5.74) is 3.26. The zero-order valence-electron chi connectivity index (χ0n) is 18.2. The average Bonchev–Trinajstić information content (AvgIpc) is 3.45. The van der Waals surface area contributed by atoms with Crippen LogP contribution in [0.15, 0.2) is 42.6 Å². The number of ketones is 1. The van der Waals surface area contributed by atoms with Gasteiger partial charge >= 0.3 is 0 Å². The predicted octanol–water partition coefficient (Wildman–Crippen LogP) is 4.92. The third-order valence-corrected chi connectivity index (χ3v) is 6.45. The molecule has 2 aromatic heterocycles. The molecule has 4 rings (SSSR count). The maximum atomic E-state index is 12.8. The summed E-state index contributed by atoms with van der Waals surface area (Å²) in [4.78, 5) is 27.6. The summed E-state index contributed by atoms with van der Waals surface area (Å²) in [6.07, 6.45) is 7.48. The Morgan fingerprint density at radius 2 is 2.03 bits per heavy atom. The third-order valence-electron chi connectivity index (χ3n) is 6.45. The van der Waals surface area contributed by atoms with Gasteiger partial charge in [0.2, 0.25) is 5.91 Å². The van der Waals surface area contributed by atoms with Crippen molar-refractivity contribution in [1.29, 1.82) is 0 Å². The van der Waals surface area contributed by atoms with Gasteiger partial charge in [-0.2, -0.15) is 0 Å². The second-order valence-corrected chi connectivity index (χ2v) is 8.72. The first-order valence-corrected chi connectivity index (χ1v) is 11.3. The molecule has 0 aliphatic heterocycles. The van der Waals surface area contributed by atoms with Gasteiger partial charge in [-0.3, -0.25) is 9.59 Å². The molecule has 2 N–H and O–H groups in total. The predicted molar refractivity (Wildman–Crippen MR) is 122 cm³/mol. The highest BCUT2D eigenvalue weighted by Crippen LogP contribution is 2.31. The minimum Gasteiger partial charge on any atom is -0.361 e. The number of carbonyl (C=O) groups is 2. The highest BCUT2D eigenvalue weighted by atomic mass is 16.1. The number of fused-ring (bicyclic) bond motifs is 1. The van der Waals surface area contributed by atoms with Gasteiger partial charge in [-0.05, 0) is 68.4 Å². The molecule has 6 nitrogen and oxygen atoms in total. The second kappa shape index (κ2) is 9.41. The number of H-pyrrole nitrogens is 1. The maximum absolute atomic E-state index is 12.8. The summed E-state index contributed by atoms with van der Waals surface area (Å²) in [7, 11) is 0. The van der Waals surface area contributed by atoms with Crippen molar-refractivity contribution in [2.24, 2.45) is 11.8 Å². The van der Waals surface area contributed by atoms with Gasteiger partial charge in [0.15, 0.2) is 5.78 Å². The summed E-state index contributed by atoms with van der Waals surface area (Å²) >= 11 is 0. The number of nitrogens with one attached hydrogen (secondary N) is 2. The Morgan fingerprint density at radius 3 is 2.81 bits per heavy atom. The first kappa shape index (κ1) is 21.2. The molecule has 1 fully saturated rings. The molecule has 6 heteroatoms. The van der Waals surface area contributed by atoms with E-state index in [1.54, 1.807) is 6.07 Å². The second-order valence-electron chi connectivity index (χ2n) is 8.72. The number of aromatic amines is 1. The number of amides is 1. The van der Waals surface area contributed by atoms with Crippen LogP contribution in [0.3, 0.4) is 0 Å². The summed E-state index contributed by atoms with van der Waals surface area (Å²) in [5.74, 6) is 0.674. The molecule has 1 aliphatic carbocycles. The van der Waals surface area contributed by atoms with Crippen LogP contribution in [-0.4, -0.2) is 32.9 Å². The molecule has 0 spiro atoms. The van der Waals surface area contributed by atoms with Crippen LogP contribution in [0.25, 0.3) is 22.2 Å². The average molecular weight is 419 g/mol. The SMILES string of the molecule is CCC(=O)NC1CCC(CCC(C)C(=O)c2ccc(-c3ccc4[nH]ccc4c3)nn2)C1. The van der Waals surface area contributed by atoms with E-state index in [1.807, 2.05) is 44.3 Å². The Labute approximate surface area is 182 Å². The van der Waals surface area contributed by atoms with Crippen molar-refractivity contribution in [3.8, 4) is 11.3 Å². The number of aromatic nitrogens is 3. The third kappa shape index (κ3) is 5.01. The normalized spacial score (nSPS) is 19.4. The van der Waals surface area contributed by atoms with Crippen LogP contribution >= 0.6 is 0 Å². The van der Waals surface area contributed by atoms with Gasteiger partial charge in [0, 0.05) is 41.0 Å². The number of hydrogen-bond donors (Lipinski definition) is 2. The lowest BCUT2D eigenvalue weighted by Crippen LogP contribution is -2.32. The molecule has 1 saturated carbocycles. The molecule has 1 amide bonds. The molecular formula is C25H30N4O2. The lowest BCUT2D eigenvalue weighted by molar-refractivity contribution is -0.121. The van der Waals surface area contributed by atoms with E-state index in [0.717, 1.165) is 54.3 Å². The van der Waals surface area contributed by atoms with Crippen LogP contribution in [0, 0.1) is 11.8 Å². The fourth-order valence-electron chi connectivity index (χ4n) is 4.50. The van der Waals surface area contributed by atoms with Gasteiger partial charge in [0.05, 0.1) is 5.69 Å². The number of benzene rings is 1. The Balaban J connectivity index is 1.31. The first-order chi connectivity index (χ1) is 15.0. The molecular weight excluding hydrogens is 388 g/mol. The Bertz CT molecular complexity index is 1060. The van der Waals surface area contributed by atoms with Crippen molar-refractivity contribution >= 4 is 22.6 Å². The van der Waals surface area contributed by atoms with E-state index in [-0.39, 0.29) is 17.6 Å². The van der Waals surface area contributed by atoms with Crippen LogP contribution in [0.5, 0.6) is 0 Å². The number of hydrogen-bond acceptors (Lipinski definition) is 4. The van der Waals surface area contributed by atoms with E-state index in [0.29, 0.717) is 24.1 Å². The standard InChI is InChI=1S/C25H30N4O2/c1-3-24(30)27-20-8-6-17(14-20)5-4-16(2)25(31)23-11-10-22(28-29-23)18-7-9-21-19(15-18)12-13-26-21/h7,9-13,15-17,20,26H,3-6,8,14H2,1-2H3,(H,27,30). The molecule has 1 aliphatic rings. The highest BCUT2D eigenvalue weighted by Gasteiger charge is 2.27. The van der Waals surface area contributed by atoms with E-state index in [9.17, 15) is 9.59 Å². The van der Waals surface area contributed by atoms with Crippen LogP contribution in [0.1, 0.15) is 62.9 Å². The molecule has 2 heterocycles. The zero-order chi connectivity index (χ0) is 21.8. The van der Waals surface area contributed by atoms with Crippen molar-refractivity contribution in [3.63, 3.8) is 0 Å². The maximum Gasteiger partial charge on any atom is 0.219 e. The summed E-state index contributed by atoms with van der Waals surface area (Å²) < 4.78 is 0. The number of Topliss-reactive ketones (excluding diaryl/α,β-unsaturated/α-hetero) is 1. The van der Waals surface area contributed by atoms with Gasteiger partial charge in [0.25, 0.3) is 0 Å². The van der Waals surface area contributed by atoms with Crippen molar-refractivity contribution in [2.75, 3.05) is 0 Å². The van der Waals surface area contributed by atoms with Gasteiger partial charge in [-0.15, -0.1) is 10.2 Å². The first-order valence-electron chi connectivity index (χ1n) is 11.3. The van der Waals surface area contributed by atoms with E-state index in [4.69, 9.17) is 0 Å². The zero-order valence-corrected chi connectivity index (χ0v) is 18.2. The van der Waals surface area contributed by atoms with Crippen LogP contribution in [0.4, 0.5) is 0 Å². The lowest BCUT2D eigenvalue weighted by atomic mass is 9.92. The van der Waals surface area contributed by atoms with E-state index in [2.05, 4.69) is 26.6 Å². The molecule has 0 saturated heterocycles. The fourth-order valence-corrected chi connectivity index (χ4v) is 4.50. The van der Waals surface area contributed by atoms with Gasteiger partial charge < -0.3 is 10.3 Å². The van der Waals surface area contributed by atoms with Gasteiger partial charge in [-0.25, -0.2) is 0 Å². The Morgan fingerprint density at radius 1 is 1.16 bits per heavy atom. The minimum atomic E-state index is -0.0827. The van der Waals surface area contributed by atoms with Gasteiger partial charge in [0.1, 0.15) is 5.69 Å². The number of nitrogens with zero attached hydrogens (tertiary/aromatic N) is 2. The Kier molecular flexibility index (Phi) is 6.44. The fraction of sp³-hybridized carbons (Fsp3) is 0.440. The largest absolute Gasteiger partial charge is 0.361 e. The van der Waals surface area contributed by atoms with Crippen molar-refractivity contribution in [2.45, 2.75) is 58.4 Å². The van der Waals surface area contributed by atoms with Crippen LogP contribution < -0.4 is 5.32 Å². The van der Waals surface area contributed by atoms with Crippen LogP contribution in [0.2, 0.25) is 0 Å². The minimum absolute atomic E-state index is 0.0500. The molecule has 31 heavy (non-hydrogen) atoms.